The largest absolute Gasteiger partial charge is 0.463 e. The molecule has 0 heterocycles. The number of esters is 6. The Bertz CT molecular complexity index is 1660. The maximum atomic E-state index is 12.7. The highest BCUT2D eigenvalue weighted by Gasteiger charge is 2.15. The molecular formula is C37H36O12. The van der Waals surface area contributed by atoms with Gasteiger partial charge in [0.1, 0.15) is 23.0 Å². The van der Waals surface area contributed by atoms with Gasteiger partial charge in [0.15, 0.2) is 0 Å². The van der Waals surface area contributed by atoms with Crippen LogP contribution >= 0.6 is 0 Å². The van der Waals surface area contributed by atoms with Crippen molar-refractivity contribution in [2.75, 3.05) is 13.2 Å². The van der Waals surface area contributed by atoms with Crippen LogP contribution in [-0.2, 0) is 28.7 Å². The second-order valence-electron chi connectivity index (χ2n) is 10.4. The molecule has 3 aromatic carbocycles. The molecule has 0 aromatic heterocycles. The first-order valence-corrected chi connectivity index (χ1v) is 15.3. The summed E-state index contributed by atoms with van der Waals surface area (Å²) in [4.78, 5) is 71.5. The average Bonchev–Trinajstić information content (AvgIpc) is 3.09. The van der Waals surface area contributed by atoms with E-state index in [0.29, 0.717) is 24.8 Å². The van der Waals surface area contributed by atoms with E-state index in [2.05, 4.69) is 13.2 Å². The van der Waals surface area contributed by atoms with Crippen molar-refractivity contribution in [3.05, 3.63) is 109 Å². The number of benzene rings is 3. The third-order valence-corrected chi connectivity index (χ3v) is 6.58. The van der Waals surface area contributed by atoms with Crippen LogP contribution in [0.3, 0.4) is 0 Å². The Balaban J connectivity index is 1.43. The Labute approximate surface area is 283 Å². The molecule has 0 saturated carbocycles. The van der Waals surface area contributed by atoms with Crippen LogP contribution in [0.5, 0.6) is 23.0 Å². The number of rotatable bonds is 18. The smallest absolute Gasteiger partial charge is 0.343 e. The monoisotopic (exact) mass is 672 g/mol. The summed E-state index contributed by atoms with van der Waals surface area (Å²) in [5.74, 6) is -2.31. The van der Waals surface area contributed by atoms with Crippen molar-refractivity contribution >= 4 is 35.8 Å². The number of hydrogen-bond acceptors (Lipinski definition) is 12. The normalized spacial score (nSPS) is 10.2. The summed E-state index contributed by atoms with van der Waals surface area (Å²) in [6, 6.07) is 16.2. The number of ether oxygens (including phenoxy) is 6. The zero-order valence-electron chi connectivity index (χ0n) is 27.0. The van der Waals surface area contributed by atoms with Crippen molar-refractivity contribution in [3.63, 3.8) is 0 Å². The maximum Gasteiger partial charge on any atom is 0.343 e. The fraction of sp³-hybridized carbons (Fsp3) is 0.243. The van der Waals surface area contributed by atoms with Crippen molar-refractivity contribution in [2.45, 2.75) is 45.4 Å². The van der Waals surface area contributed by atoms with Gasteiger partial charge >= 0.3 is 35.8 Å². The second-order valence-corrected chi connectivity index (χ2v) is 10.4. The van der Waals surface area contributed by atoms with Crippen LogP contribution < -0.4 is 18.9 Å². The molecule has 0 fully saturated rings. The molecule has 0 aliphatic rings. The van der Waals surface area contributed by atoms with E-state index >= 15 is 0 Å². The van der Waals surface area contributed by atoms with Crippen LogP contribution in [0.1, 0.15) is 64.8 Å². The van der Waals surface area contributed by atoms with Crippen molar-refractivity contribution in [3.8, 4) is 23.0 Å². The lowest BCUT2D eigenvalue weighted by atomic mass is 10.2. The Morgan fingerprint density at radius 3 is 1.53 bits per heavy atom. The van der Waals surface area contributed by atoms with Crippen LogP contribution in [0.25, 0.3) is 0 Å². The second kappa shape index (κ2) is 19.6. The topological polar surface area (TPSA) is 158 Å². The molecule has 0 atom stereocenters. The first-order valence-electron chi connectivity index (χ1n) is 15.3. The minimum atomic E-state index is -0.651. The molecule has 0 unspecified atom stereocenters. The highest BCUT2D eigenvalue weighted by Crippen LogP contribution is 2.26. The molecule has 256 valence electrons. The summed E-state index contributed by atoms with van der Waals surface area (Å²) in [7, 11) is 0. The summed E-state index contributed by atoms with van der Waals surface area (Å²) >= 11 is 0. The molecule has 12 nitrogen and oxygen atoms in total. The molecule has 0 saturated heterocycles. The van der Waals surface area contributed by atoms with Gasteiger partial charge in [-0.15, -0.1) is 0 Å². The van der Waals surface area contributed by atoms with E-state index in [4.69, 9.17) is 28.4 Å². The highest BCUT2D eigenvalue weighted by molar-refractivity contribution is 5.92. The highest BCUT2D eigenvalue weighted by atomic mass is 16.6. The first kappa shape index (κ1) is 37.4. The van der Waals surface area contributed by atoms with Crippen molar-refractivity contribution in [1.82, 2.24) is 0 Å². The van der Waals surface area contributed by atoms with Crippen molar-refractivity contribution < 1.29 is 57.2 Å². The van der Waals surface area contributed by atoms with E-state index in [0.717, 1.165) is 12.2 Å². The molecule has 0 spiro atoms. The van der Waals surface area contributed by atoms with Gasteiger partial charge in [0, 0.05) is 25.0 Å². The molecule has 0 bridgehead atoms. The van der Waals surface area contributed by atoms with E-state index in [1.807, 2.05) is 0 Å². The minimum absolute atomic E-state index is 0.0321. The fourth-order valence-corrected chi connectivity index (χ4v) is 4.04. The van der Waals surface area contributed by atoms with Crippen LogP contribution in [0, 0.1) is 6.92 Å². The molecule has 0 N–H and O–H groups in total. The SMILES string of the molecule is C=CC(=O)OCCCCCC(=O)Oc1ccc(C(=O)Oc2ccc(OC(=O)c3ccc(OC(=O)CCCOC(=O)C=C)cc3)c(C)c2)cc1. The molecule has 0 aliphatic heterocycles. The Kier molecular flexibility index (Phi) is 15.0. The van der Waals surface area contributed by atoms with Gasteiger partial charge in [-0.05, 0) is 105 Å². The van der Waals surface area contributed by atoms with E-state index < -0.39 is 35.8 Å². The number of carbonyl (C=O) groups is 6. The molecule has 49 heavy (non-hydrogen) atoms. The number of aryl methyl sites for hydroxylation is 1. The van der Waals surface area contributed by atoms with Gasteiger partial charge in [-0.25, -0.2) is 19.2 Å². The Morgan fingerprint density at radius 2 is 1.02 bits per heavy atom. The molecule has 3 aromatic rings. The third kappa shape index (κ3) is 13.3. The summed E-state index contributed by atoms with van der Waals surface area (Å²) in [5.41, 5.74) is 0.970. The zero-order valence-corrected chi connectivity index (χ0v) is 27.0. The van der Waals surface area contributed by atoms with E-state index in [9.17, 15) is 28.8 Å². The van der Waals surface area contributed by atoms with E-state index in [1.54, 1.807) is 13.0 Å². The van der Waals surface area contributed by atoms with Gasteiger partial charge in [0.2, 0.25) is 0 Å². The molecule has 0 amide bonds. The third-order valence-electron chi connectivity index (χ3n) is 6.58. The zero-order chi connectivity index (χ0) is 35.6. The van der Waals surface area contributed by atoms with E-state index in [-0.39, 0.29) is 66.6 Å². The van der Waals surface area contributed by atoms with E-state index in [1.165, 1.54) is 60.7 Å². The van der Waals surface area contributed by atoms with Gasteiger partial charge in [0.05, 0.1) is 24.3 Å². The Hall–Kier alpha value is -6.04. The fourth-order valence-electron chi connectivity index (χ4n) is 4.04. The summed E-state index contributed by atoms with van der Waals surface area (Å²) in [6.07, 6.45) is 4.51. The summed E-state index contributed by atoms with van der Waals surface area (Å²) in [6.45, 7) is 8.61. The predicted octanol–water partition coefficient (Wildman–Crippen LogP) is 6.04. The average molecular weight is 673 g/mol. The maximum absolute atomic E-state index is 12.7. The standard InChI is InChI=1S/C37H36O12/c1-4-32(38)44-22-8-6-7-10-34(40)46-28-16-12-26(13-17-28)36(42)48-30-20-21-31(25(3)24-30)49-37(43)27-14-18-29(19-15-27)47-35(41)11-9-23-45-33(39)5-2/h4-5,12-21,24H,1-2,6-11,22-23H2,3H3. The lowest BCUT2D eigenvalue weighted by Crippen LogP contribution is -2.12. The summed E-state index contributed by atoms with van der Waals surface area (Å²) in [5, 5.41) is 0. The number of unbranched alkanes of at least 4 members (excludes halogenated alkanes) is 2. The lowest BCUT2D eigenvalue weighted by molar-refractivity contribution is -0.140. The molecule has 12 heteroatoms. The van der Waals surface area contributed by atoms with Crippen molar-refractivity contribution in [1.29, 1.82) is 0 Å². The first-order chi connectivity index (χ1) is 23.6. The minimum Gasteiger partial charge on any atom is -0.463 e. The van der Waals surface area contributed by atoms with Gasteiger partial charge in [-0.1, -0.05) is 13.2 Å². The van der Waals surface area contributed by atoms with Crippen LogP contribution in [0.4, 0.5) is 0 Å². The lowest BCUT2D eigenvalue weighted by Gasteiger charge is -2.11. The van der Waals surface area contributed by atoms with Crippen LogP contribution in [0.15, 0.2) is 92.0 Å². The van der Waals surface area contributed by atoms with Crippen LogP contribution in [0.2, 0.25) is 0 Å². The molecule has 0 aliphatic carbocycles. The van der Waals surface area contributed by atoms with Crippen LogP contribution in [-0.4, -0.2) is 49.0 Å². The number of carbonyl (C=O) groups excluding carboxylic acids is 6. The predicted molar refractivity (Wildman–Crippen MR) is 175 cm³/mol. The molecule has 3 rings (SSSR count). The van der Waals surface area contributed by atoms with Gasteiger partial charge < -0.3 is 28.4 Å². The van der Waals surface area contributed by atoms with Gasteiger partial charge in [-0.3, -0.25) is 9.59 Å². The van der Waals surface area contributed by atoms with Gasteiger partial charge in [-0.2, -0.15) is 0 Å². The Morgan fingerprint density at radius 1 is 0.551 bits per heavy atom. The molecular weight excluding hydrogens is 636 g/mol. The van der Waals surface area contributed by atoms with Gasteiger partial charge in [0.25, 0.3) is 0 Å². The quantitative estimate of drug-likeness (QED) is 0.0668. The molecule has 0 radical (unpaired) electrons. The number of hydrogen-bond donors (Lipinski definition) is 0. The van der Waals surface area contributed by atoms with Crippen molar-refractivity contribution in [2.24, 2.45) is 0 Å². The summed E-state index contributed by atoms with van der Waals surface area (Å²) < 4.78 is 31.2.